The first-order chi connectivity index (χ1) is 9.13. The highest BCUT2D eigenvalue weighted by Crippen LogP contribution is 2.22. The minimum absolute atomic E-state index is 0.795. The third kappa shape index (κ3) is 2.14. The van der Waals surface area contributed by atoms with E-state index in [0.29, 0.717) is 0 Å². The van der Waals surface area contributed by atoms with Gasteiger partial charge >= 0.3 is 0 Å². The Labute approximate surface area is 111 Å². The standard InChI is InChI=1S/C14H15N5/c1-9-7-15-10(2)14(17-9)18-12-4-5-13-11(6-12)8-16-19(13)3/h4-8H,1-3H3,(H,17,18). The zero-order chi connectivity index (χ0) is 13.4. The molecule has 0 unspecified atom stereocenters. The average Bonchev–Trinajstić information content (AvgIpc) is 2.75. The molecule has 2 heterocycles. The van der Waals surface area contributed by atoms with Gasteiger partial charge in [0, 0.05) is 24.3 Å². The molecule has 0 amide bonds. The van der Waals surface area contributed by atoms with Crippen molar-refractivity contribution in [2.75, 3.05) is 5.32 Å². The fourth-order valence-corrected chi connectivity index (χ4v) is 2.03. The highest BCUT2D eigenvalue weighted by Gasteiger charge is 2.05. The number of aromatic nitrogens is 4. The van der Waals surface area contributed by atoms with Crippen molar-refractivity contribution in [3.63, 3.8) is 0 Å². The van der Waals surface area contributed by atoms with Gasteiger partial charge in [0.1, 0.15) is 0 Å². The van der Waals surface area contributed by atoms with Gasteiger partial charge in [-0.05, 0) is 32.0 Å². The van der Waals surface area contributed by atoms with Crippen LogP contribution in [0.3, 0.4) is 0 Å². The highest BCUT2D eigenvalue weighted by molar-refractivity contribution is 5.83. The predicted octanol–water partition coefficient (Wildman–Crippen LogP) is 2.72. The summed E-state index contributed by atoms with van der Waals surface area (Å²) in [6.45, 7) is 3.87. The van der Waals surface area contributed by atoms with Crippen molar-refractivity contribution >= 4 is 22.4 Å². The number of hydrogen-bond donors (Lipinski definition) is 1. The Morgan fingerprint density at radius 3 is 2.84 bits per heavy atom. The number of fused-ring (bicyclic) bond motifs is 1. The van der Waals surface area contributed by atoms with Gasteiger partial charge in [-0.25, -0.2) is 4.98 Å². The lowest BCUT2D eigenvalue weighted by molar-refractivity contribution is 0.797. The number of hydrogen-bond acceptors (Lipinski definition) is 4. The minimum Gasteiger partial charge on any atom is -0.339 e. The van der Waals surface area contributed by atoms with E-state index in [1.54, 1.807) is 6.20 Å². The maximum absolute atomic E-state index is 4.46. The SMILES string of the molecule is Cc1cnc(C)c(Nc2ccc3c(cnn3C)c2)n1. The van der Waals surface area contributed by atoms with E-state index in [2.05, 4.69) is 26.4 Å². The van der Waals surface area contributed by atoms with Gasteiger partial charge in [-0.1, -0.05) is 0 Å². The highest BCUT2D eigenvalue weighted by atomic mass is 15.2. The molecule has 0 atom stereocenters. The molecule has 0 fully saturated rings. The van der Waals surface area contributed by atoms with Crippen LogP contribution in [-0.2, 0) is 7.05 Å². The topological polar surface area (TPSA) is 55.6 Å². The van der Waals surface area contributed by atoms with Crippen molar-refractivity contribution in [1.29, 1.82) is 0 Å². The normalized spacial score (nSPS) is 10.9. The van der Waals surface area contributed by atoms with E-state index < -0.39 is 0 Å². The second-order valence-electron chi connectivity index (χ2n) is 4.61. The summed E-state index contributed by atoms with van der Waals surface area (Å²) >= 11 is 0. The molecule has 0 radical (unpaired) electrons. The van der Waals surface area contributed by atoms with Crippen molar-refractivity contribution in [1.82, 2.24) is 19.7 Å². The van der Waals surface area contributed by atoms with E-state index in [0.717, 1.165) is 33.8 Å². The van der Waals surface area contributed by atoms with Gasteiger partial charge in [0.25, 0.3) is 0 Å². The molecule has 0 saturated heterocycles. The van der Waals surface area contributed by atoms with Crippen LogP contribution >= 0.6 is 0 Å². The van der Waals surface area contributed by atoms with Crippen LogP contribution in [0, 0.1) is 13.8 Å². The van der Waals surface area contributed by atoms with Crippen LogP contribution in [0.2, 0.25) is 0 Å². The van der Waals surface area contributed by atoms with Gasteiger partial charge in [-0.3, -0.25) is 9.67 Å². The van der Waals surface area contributed by atoms with E-state index in [1.165, 1.54) is 0 Å². The smallest absolute Gasteiger partial charge is 0.152 e. The van der Waals surface area contributed by atoms with Crippen LogP contribution in [-0.4, -0.2) is 19.7 Å². The molecule has 19 heavy (non-hydrogen) atoms. The van der Waals surface area contributed by atoms with E-state index >= 15 is 0 Å². The summed E-state index contributed by atoms with van der Waals surface area (Å²) in [7, 11) is 1.94. The Kier molecular flexibility index (Phi) is 2.67. The maximum Gasteiger partial charge on any atom is 0.152 e. The Morgan fingerprint density at radius 1 is 1.16 bits per heavy atom. The van der Waals surface area contributed by atoms with Gasteiger partial charge in [0.15, 0.2) is 5.82 Å². The molecule has 5 nitrogen and oxygen atoms in total. The number of nitrogens with one attached hydrogen (secondary N) is 1. The van der Waals surface area contributed by atoms with Crippen molar-refractivity contribution < 1.29 is 0 Å². The molecule has 3 rings (SSSR count). The molecular weight excluding hydrogens is 238 g/mol. The first-order valence-corrected chi connectivity index (χ1v) is 6.12. The van der Waals surface area contributed by atoms with Crippen LogP contribution in [0.25, 0.3) is 10.9 Å². The van der Waals surface area contributed by atoms with Crippen molar-refractivity contribution in [3.05, 3.63) is 42.0 Å². The fraction of sp³-hybridized carbons (Fsp3) is 0.214. The average molecular weight is 253 g/mol. The summed E-state index contributed by atoms with van der Waals surface area (Å²) < 4.78 is 1.86. The molecule has 2 aromatic heterocycles. The molecule has 0 aliphatic heterocycles. The number of aryl methyl sites for hydroxylation is 3. The molecule has 0 saturated carbocycles. The lowest BCUT2D eigenvalue weighted by Crippen LogP contribution is -2.00. The second kappa shape index (κ2) is 4.35. The predicted molar refractivity (Wildman–Crippen MR) is 75.5 cm³/mol. The Balaban J connectivity index is 1.98. The third-order valence-corrected chi connectivity index (χ3v) is 3.08. The van der Waals surface area contributed by atoms with Crippen molar-refractivity contribution in [3.8, 4) is 0 Å². The van der Waals surface area contributed by atoms with Crippen LogP contribution in [0.5, 0.6) is 0 Å². The Morgan fingerprint density at radius 2 is 2.00 bits per heavy atom. The summed E-state index contributed by atoms with van der Waals surface area (Å²) in [6.07, 6.45) is 3.63. The van der Waals surface area contributed by atoms with Gasteiger partial charge < -0.3 is 5.32 Å². The molecule has 0 aliphatic rings. The third-order valence-electron chi connectivity index (χ3n) is 3.08. The zero-order valence-corrected chi connectivity index (χ0v) is 11.2. The summed E-state index contributed by atoms with van der Waals surface area (Å²) in [6, 6.07) is 6.13. The molecule has 3 aromatic rings. The maximum atomic E-state index is 4.46. The van der Waals surface area contributed by atoms with Gasteiger partial charge in [-0.15, -0.1) is 0 Å². The van der Waals surface area contributed by atoms with Gasteiger partial charge in [-0.2, -0.15) is 5.10 Å². The summed E-state index contributed by atoms with van der Waals surface area (Å²) in [5.41, 5.74) is 3.88. The van der Waals surface area contributed by atoms with Crippen LogP contribution in [0.1, 0.15) is 11.4 Å². The molecule has 96 valence electrons. The molecule has 0 aliphatic carbocycles. The van der Waals surface area contributed by atoms with E-state index in [1.807, 2.05) is 43.9 Å². The van der Waals surface area contributed by atoms with Gasteiger partial charge in [0.05, 0.1) is 23.1 Å². The number of rotatable bonds is 2. The lowest BCUT2D eigenvalue weighted by atomic mass is 10.2. The van der Waals surface area contributed by atoms with Crippen molar-refractivity contribution in [2.45, 2.75) is 13.8 Å². The first-order valence-electron chi connectivity index (χ1n) is 6.12. The Hall–Kier alpha value is -2.43. The Bertz CT molecular complexity index is 745. The molecule has 1 aromatic carbocycles. The lowest BCUT2D eigenvalue weighted by Gasteiger charge is -2.08. The van der Waals surface area contributed by atoms with Crippen LogP contribution < -0.4 is 5.32 Å². The van der Waals surface area contributed by atoms with E-state index in [9.17, 15) is 0 Å². The largest absolute Gasteiger partial charge is 0.339 e. The molecular formula is C14H15N5. The zero-order valence-electron chi connectivity index (χ0n) is 11.2. The van der Waals surface area contributed by atoms with Crippen LogP contribution in [0.4, 0.5) is 11.5 Å². The summed E-state index contributed by atoms with van der Waals surface area (Å²) in [5.74, 6) is 0.795. The van der Waals surface area contributed by atoms with E-state index in [4.69, 9.17) is 0 Å². The number of nitrogens with zero attached hydrogens (tertiary/aromatic N) is 4. The van der Waals surface area contributed by atoms with Gasteiger partial charge in [0.2, 0.25) is 0 Å². The quantitative estimate of drug-likeness (QED) is 0.763. The summed E-state index contributed by atoms with van der Waals surface area (Å²) in [5, 5.41) is 8.64. The molecule has 1 N–H and O–H groups in total. The number of anilines is 2. The molecule has 0 bridgehead atoms. The molecule has 5 heteroatoms. The number of benzene rings is 1. The monoisotopic (exact) mass is 253 g/mol. The second-order valence-corrected chi connectivity index (χ2v) is 4.61. The van der Waals surface area contributed by atoms with Crippen molar-refractivity contribution in [2.24, 2.45) is 7.05 Å². The minimum atomic E-state index is 0.795. The van der Waals surface area contributed by atoms with E-state index in [-0.39, 0.29) is 0 Å². The molecule has 0 spiro atoms. The first kappa shape index (κ1) is 11.6. The van der Waals surface area contributed by atoms with Crippen LogP contribution in [0.15, 0.2) is 30.6 Å². The summed E-state index contributed by atoms with van der Waals surface area (Å²) in [4.78, 5) is 8.76. The fourth-order valence-electron chi connectivity index (χ4n) is 2.03.